The van der Waals surface area contributed by atoms with Gasteiger partial charge in [0.1, 0.15) is 0 Å². The molecule has 0 saturated heterocycles. The van der Waals surface area contributed by atoms with Gasteiger partial charge in [-0.3, -0.25) is 8.42 Å². The molecular formula is CaMgNaO8PS. The van der Waals surface area contributed by atoms with E-state index in [9.17, 15) is 0 Å². The van der Waals surface area contributed by atoms with Gasteiger partial charge >= 0.3 is 90.3 Å². The average Bonchev–Trinajstić information content (AvgIpc) is 1.12. The summed E-state index contributed by atoms with van der Waals surface area (Å²) < 4.78 is 42.6. The Hall–Kier alpha value is 3.01. The van der Waals surface area contributed by atoms with Crippen molar-refractivity contribution < 1.29 is 66.3 Å². The van der Waals surface area contributed by atoms with Crippen molar-refractivity contribution in [1.82, 2.24) is 0 Å². The molecule has 0 aliphatic rings. The molecule has 13 heavy (non-hydrogen) atoms. The Labute approximate surface area is 143 Å². The summed E-state index contributed by atoms with van der Waals surface area (Å²) >= 11 is 0. The third-order valence-electron chi connectivity index (χ3n) is 0. The summed E-state index contributed by atoms with van der Waals surface area (Å²) in [4.78, 5) is 25.6. The first-order chi connectivity index (χ1) is 4.00. The van der Waals surface area contributed by atoms with Crippen LogP contribution in [0.1, 0.15) is 0 Å². The number of hydrogen-bond donors (Lipinski definition) is 0. The van der Waals surface area contributed by atoms with E-state index < -0.39 is 18.2 Å². The van der Waals surface area contributed by atoms with E-state index >= 15 is 0 Å². The molecule has 0 rings (SSSR count). The van der Waals surface area contributed by atoms with Crippen molar-refractivity contribution in [3.05, 3.63) is 0 Å². The van der Waals surface area contributed by atoms with Crippen LogP contribution in [0.25, 0.3) is 0 Å². The zero-order valence-electron chi connectivity index (χ0n) is 6.54. The summed E-state index contributed by atoms with van der Waals surface area (Å²) in [6.07, 6.45) is 0. The topological polar surface area (TPSA) is 167 Å². The fourth-order valence-corrected chi connectivity index (χ4v) is 0. The molecule has 0 aromatic heterocycles. The fourth-order valence-electron chi connectivity index (χ4n) is 0. The molecule has 0 aliphatic carbocycles. The Kier molecular flexibility index (Phi) is 29.9. The summed E-state index contributed by atoms with van der Waals surface area (Å²) in [6.45, 7) is 0. The molecule has 8 nitrogen and oxygen atoms in total. The van der Waals surface area contributed by atoms with Crippen molar-refractivity contribution in [2.24, 2.45) is 0 Å². The average molecular weight is 278 g/mol. The predicted molar refractivity (Wildman–Crippen MR) is 29.6 cm³/mol. The van der Waals surface area contributed by atoms with Gasteiger partial charge in [0.05, 0.1) is 0 Å². The summed E-state index contributed by atoms with van der Waals surface area (Å²) in [6, 6.07) is 0. The molecular weight excluding hydrogens is 278 g/mol. The normalized spacial score (nSPS) is 9.00. The number of rotatable bonds is 0. The van der Waals surface area contributed by atoms with E-state index in [4.69, 9.17) is 36.8 Å². The molecule has 0 amide bonds. The van der Waals surface area contributed by atoms with Gasteiger partial charge in [0.15, 0.2) is 0 Å². The molecule has 0 fully saturated rings. The first-order valence-electron chi connectivity index (χ1n) is 1.40. The van der Waals surface area contributed by atoms with Crippen LogP contribution >= 0.6 is 7.82 Å². The Balaban J connectivity index is -0.0000000267. The molecule has 0 aromatic carbocycles. The minimum Gasteiger partial charge on any atom is -0.822 e. The maximum Gasteiger partial charge on any atom is 2.00 e. The standard InChI is InChI=1S/Ca.Mg.Na.H3O4P.H2O4S/c;;;2*1-5(2,3)4/h;;;(H3,1,2,3,4);(H2,1,2,3,4)/q2*+2;+1;;/p-5. The quantitative estimate of drug-likeness (QED) is 0.182. The molecule has 0 radical (unpaired) electrons. The molecule has 0 unspecified atom stereocenters. The van der Waals surface area contributed by atoms with Gasteiger partial charge in [0.2, 0.25) is 0 Å². The van der Waals surface area contributed by atoms with Crippen LogP contribution in [0.5, 0.6) is 0 Å². The van der Waals surface area contributed by atoms with E-state index in [0.717, 1.165) is 0 Å². The van der Waals surface area contributed by atoms with Gasteiger partial charge < -0.3 is 28.4 Å². The van der Waals surface area contributed by atoms with E-state index in [1.54, 1.807) is 0 Å². The monoisotopic (exact) mass is 278 g/mol. The molecule has 0 atom stereocenters. The van der Waals surface area contributed by atoms with Crippen LogP contribution in [0.3, 0.4) is 0 Å². The molecule has 0 N–H and O–H groups in total. The zero-order chi connectivity index (χ0) is 9.00. The van der Waals surface area contributed by atoms with Crippen molar-refractivity contribution in [3.8, 4) is 0 Å². The summed E-state index contributed by atoms with van der Waals surface area (Å²) in [5.74, 6) is 0. The van der Waals surface area contributed by atoms with Crippen molar-refractivity contribution >= 4 is 79.0 Å². The second-order valence-electron chi connectivity index (χ2n) is 0.855. The van der Waals surface area contributed by atoms with Gasteiger partial charge in [-0.25, -0.2) is 0 Å². The Morgan fingerprint density at radius 3 is 1.00 bits per heavy atom. The van der Waals surface area contributed by atoms with E-state index in [-0.39, 0.29) is 90.3 Å². The van der Waals surface area contributed by atoms with Gasteiger partial charge in [0, 0.05) is 10.4 Å². The molecule has 0 aliphatic heterocycles. The second-order valence-corrected chi connectivity index (χ2v) is 2.57. The van der Waals surface area contributed by atoms with Crippen molar-refractivity contribution in [2.45, 2.75) is 0 Å². The Morgan fingerprint density at radius 1 is 1.00 bits per heavy atom. The molecule has 0 spiro atoms. The molecule has 64 valence electrons. The summed E-state index contributed by atoms with van der Waals surface area (Å²) in [5, 5.41) is 0. The van der Waals surface area contributed by atoms with Gasteiger partial charge in [-0.05, 0) is 0 Å². The maximum absolute atomic E-state index is 8.55. The maximum atomic E-state index is 8.55. The third-order valence-corrected chi connectivity index (χ3v) is 0. The van der Waals surface area contributed by atoms with E-state index in [0.29, 0.717) is 0 Å². The third kappa shape index (κ3) is 281. The van der Waals surface area contributed by atoms with Crippen LogP contribution in [0.4, 0.5) is 0 Å². The number of phosphoric acid groups is 1. The van der Waals surface area contributed by atoms with Crippen molar-refractivity contribution in [2.75, 3.05) is 0 Å². The van der Waals surface area contributed by atoms with Gasteiger partial charge in [-0.2, -0.15) is 7.82 Å². The fraction of sp³-hybridized carbons (Fsp3) is 0. The minimum atomic E-state index is -5.39. The number of hydrogen-bond acceptors (Lipinski definition) is 8. The smallest absolute Gasteiger partial charge is 0.822 e. The molecule has 0 aromatic rings. The van der Waals surface area contributed by atoms with Crippen molar-refractivity contribution in [3.63, 3.8) is 0 Å². The predicted octanol–water partition coefficient (Wildman–Crippen LogP) is -7.92. The molecule has 0 bridgehead atoms. The summed E-state index contributed by atoms with van der Waals surface area (Å²) in [5.41, 5.74) is 0. The van der Waals surface area contributed by atoms with Crippen LogP contribution < -0.4 is 44.2 Å². The van der Waals surface area contributed by atoms with E-state index in [2.05, 4.69) is 0 Å². The van der Waals surface area contributed by atoms with Crippen LogP contribution in [-0.4, -0.2) is 78.3 Å². The minimum absolute atomic E-state index is 0. The van der Waals surface area contributed by atoms with Crippen LogP contribution in [0.15, 0.2) is 0 Å². The SMILES string of the molecule is O=P([O-])([O-])[O-].O=S(=O)([O-])[O-].[Ca+2].[Mg+2].[Na+]. The van der Waals surface area contributed by atoms with E-state index in [1.807, 2.05) is 0 Å². The van der Waals surface area contributed by atoms with Crippen LogP contribution in [-0.2, 0) is 15.0 Å². The zero-order valence-corrected chi connectivity index (χ0v) is 13.9. The first kappa shape index (κ1) is 29.8. The molecule has 0 saturated carbocycles. The Bertz CT molecular complexity index is 202. The summed E-state index contributed by atoms with van der Waals surface area (Å²) in [7, 11) is -10.6. The Morgan fingerprint density at radius 2 is 1.00 bits per heavy atom. The van der Waals surface area contributed by atoms with Crippen molar-refractivity contribution in [1.29, 1.82) is 0 Å². The van der Waals surface area contributed by atoms with Gasteiger partial charge in [-0.1, -0.05) is 0 Å². The van der Waals surface area contributed by atoms with Crippen LogP contribution in [0.2, 0.25) is 0 Å². The van der Waals surface area contributed by atoms with Gasteiger partial charge in [-0.15, -0.1) is 0 Å². The van der Waals surface area contributed by atoms with E-state index in [1.165, 1.54) is 0 Å². The molecule has 0 heterocycles. The van der Waals surface area contributed by atoms with Gasteiger partial charge in [0.25, 0.3) is 0 Å². The van der Waals surface area contributed by atoms with Crippen LogP contribution in [0, 0.1) is 0 Å². The molecule has 13 heteroatoms. The first-order valence-corrected chi connectivity index (χ1v) is 4.19. The second kappa shape index (κ2) is 13.1. The largest absolute Gasteiger partial charge is 2.00 e.